The van der Waals surface area contributed by atoms with Crippen LogP contribution in [-0.4, -0.2) is 23.9 Å². The Morgan fingerprint density at radius 2 is 1.95 bits per heavy atom. The van der Waals surface area contributed by atoms with E-state index in [0.29, 0.717) is 16.6 Å². The lowest BCUT2D eigenvalue weighted by Gasteiger charge is -2.33. The summed E-state index contributed by atoms with van der Waals surface area (Å²) in [5.41, 5.74) is 0.589. The second-order valence-electron chi connectivity index (χ2n) is 5.45. The molecule has 0 bridgehead atoms. The summed E-state index contributed by atoms with van der Waals surface area (Å²) < 4.78 is 0.892. The Morgan fingerprint density at radius 3 is 2.53 bits per heavy atom. The van der Waals surface area contributed by atoms with Gasteiger partial charge in [-0.2, -0.15) is 0 Å². The molecule has 1 saturated carbocycles. The SMILES string of the molecule is CC1CCC(N(C)C(=O)c2ccc(Br)cc2Cl)CC1. The summed E-state index contributed by atoms with van der Waals surface area (Å²) in [7, 11) is 1.89. The fraction of sp³-hybridized carbons (Fsp3) is 0.533. The molecule has 0 radical (unpaired) electrons. The molecule has 1 aromatic carbocycles. The molecular weight excluding hydrogens is 326 g/mol. The van der Waals surface area contributed by atoms with Gasteiger partial charge in [0, 0.05) is 17.6 Å². The largest absolute Gasteiger partial charge is 0.339 e. The van der Waals surface area contributed by atoms with Crippen molar-refractivity contribution in [2.24, 2.45) is 5.92 Å². The Hall–Kier alpha value is -0.540. The molecule has 0 atom stereocenters. The third kappa shape index (κ3) is 3.51. The summed E-state index contributed by atoms with van der Waals surface area (Å²) in [5, 5.41) is 0.510. The van der Waals surface area contributed by atoms with Gasteiger partial charge in [-0.15, -0.1) is 0 Å². The molecule has 0 aliphatic heterocycles. The van der Waals surface area contributed by atoms with Crippen LogP contribution in [0, 0.1) is 5.92 Å². The van der Waals surface area contributed by atoms with Gasteiger partial charge in [0.15, 0.2) is 0 Å². The van der Waals surface area contributed by atoms with E-state index in [-0.39, 0.29) is 5.91 Å². The van der Waals surface area contributed by atoms with Crippen LogP contribution in [-0.2, 0) is 0 Å². The van der Waals surface area contributed by atoms with Crippen LogP contribution < -0.4 is 0 Å². The summed E-state index contributed by atoms with van der Waals surface area (Å²) in [6.45, 7) is 2.28. The molecule has 1 amide bonds. The molecule has 0 aromatic heterocycles. The zero-order valence-electron chi connectivity index (χ0n) is 11.3. The molecule has 0 spiro atoms. The Balaban J connectivity index is 2.10. The van der Waals surface area contributed by atoms with Crippen molar-refractivity contribution < 1.29 is 4.79 Å². The minimum Gasteiger partial charge on any atom is -0.339 e. The average Bonchev–Trinajstić information content (AvgIpc) is 2.38. The van der Waals surface area contributed by atoms with Crippen molar-refractivity contribution in [1.29, 1.82) is 0 Å². The maximum Gasteiger partial charge on any atom is 0.255 e. The van der Waals surface area contributed by atoms with Crippen LogP contribution >= 0.6 is 27.5 Å². The molecule has 104 valence electrons. The number of hydrogen-bond donors (Lipinski definition) is 0. The molecular formula is C15H19BrClNO. The predicted molar refractivity (Wildman–Crippen MR) is 82.7 cm³/mol. The van der Waals surface area contributed by atoms with Crippen LogP contribution in [0.4, 0.5) is 0 Å². The average molecular weight is 345 g/mol. The molecule has 2 nitrogen and oxygen atoms in total. The Morgan fingerprint density at radius 1 is 1.32 bits per heavy atom. The van der Waals surface area contributed by atoms with E-state index in [4.69, 9.17) is 11.6 Å². The fourth-order valence-electron chi connectivity index (χ4n) is 2.65. The van der Waals surface area contributed by atoms with Gasteiger partial charge in [-0.3, -0.25) is 4.79 Å². The van der Waals surface area contributed by atoms with Crippen LogP contribution in [0.25, 0.3) is 0 Å². The normalized spacial score (nSPS) is 23.2. The zero-order chi connectivity index (χ0) is 14.0. The number of nitrogens with zero attached hydrogens (tertiary/aromatic N) is 1. The molecule has 1 aromatic rings. The van der Waals surface area contributed by atoms with Gasteiger partial charge >= 0.3 is 0 Å². The molecule has 19 heavy (non-hydrogen) atoms. The highest BCUT2D eigenvalue weighted by Gasteiger charge is 2.26. The molecule has 1 fully saturated rings. The van der Waals surface area contributed by atoms with E-state index in [1.54, 1.807) is 12.1 Å². The first-order valence-corrected chi connectivity index (χ1v) is 7.88. The number of benzene rings is 1. The van der Waals surface area contributed by atoms with E-state index >= 15 is 0 Å². The monoisotopic (exact) mass is 343 g/mol. The van der Waals surface area contributed by atoms with E-state index in [0.717, 1.165) is 23.2 Å². The van der Waals surface area contributed by atoms with Crippen LogP contribution in [0.15, 0.2) is 22.7 Å². The van der Waals surface area contributed by atoms with E-state index in [9.17, 15) is 4.79 Å². The number of rotatable bonds is 2. The molecule has 0 saturated heterocycles. The first-order chi connectivity index (χ1) is 8.99. The van der Waals surface area contributed by atoms with Crippen molar-refractivity contribution in [1.82, 2.24) is 4.90 Å². The molecule has 2 rings (SSSR count). The second kappa shape index (κ2) is 6.27. The Labute approximate surface area is 128 Å². The van der Waals surface area contributed by atoms with Gasteiger partial charge in [0.2, 0.25) is 0 Å². The van der Waals surface area contributed by atoms with Crippen molar-refractivity contribution in [3.8, 4) is 0 Å². The third-order valence-electron chi connectivity index (χ3n) is 4.01. The van der Waals surface area contributed by atoms with E-state index in [2.05, 4.69) is 22.9 Å². The Kier molecular flexibility index (Phi) is 4.91. The molecule has 0 unspecified atom stereocenters. The number of carbonyl (C=O) groups is 1. The zero-order valence-corrected chi connectivity index (χ0v) is 13.7. The smallest absolute Gasteiger partial charge is 0.255 e. The maximum absolute atomic E-state index is 12.5. The van der Waals surface area contributed by atoms with Crippen LogP contribution in [0.1, 0.15) is 43.0 Å². The van der Waals surface area contributed by atoms with Gasteiger partial charge in [0.1, 0.15) is 0 Å². The van der Waals surface area contributed by atoms with E-state index in [1.165, 1.54) is 12.8 Å². The molecule has 4 heteroatoms. The summed E-state index contributed by atoms with van der Waals surface area (Å²) >= 11 is 9.51. The number of hydrogen-bond acceptors (Lipinski definition) is 1. The first kappa shape index (κ1) is 14.9. The van der Waals surface area contributed by atoms with Gasteiger partial charge in [0.05, 0.1) is 10.6 Å². The van der Waals surface area contributed by atoms with Crippen LogP contribution in [0.2, 0.25) is 5.02 Å². The summed E-state index contributed by atoms with van der Waals surface area (Å²) in [4.78, 5) is 14.3. The lowest BCUT2D eigenvalue weighted by atomic mass is 9.86. The molecule has 1 aliphatic carbocycles. The third-order valence-corrected chi connectivity index (χ3v) is 4.82. The van der Waals surface area contributed by atoms with Gasteiger partial charge in [-0.05, 0) is 49.8 Å². The predicted octanol–water partition coefficient (Wildman–Crippen LogP) is 4.75. The minimum atomic E-state index is 0.0250. The van der Waals surface area contributed by atoms with E-state index < -0.39 is 0 Å². The molecule has 0 N–H and O–H groups in total. The van der Waals surface area contributed by atoms with Gasteiger partial charge in [-0.1, -0.05) is 34.5 Å². The standard InChI is InChI=1S/C15H19BrClNO/c1-10-3-6-12(7-4-10)18(2)15(19)13-8-5-11(16)9-14(13)17/h5,8-10,12H,3-4,6-7H2,1-2H3. The summed E-state index contributed by atoms with van der Waals surface area (Å²) in [6, 6.07) is 5.77. The highest BCUT2D eigenvalue weighted by molar-refractivity contribution is 9.10. The highest BCUT2D eigenvalue weighted by Crippen LogP contribution is 2.29. The minimum absolute atomic E-state index is 0.0250. The number of carbonyl (C=O) groups excluding carboxylic acids is 1. The van der Waals surface area contributed by atoms with Gasteiger partial charge in [-0.25, -0.2) is 0 Å². The summed E-state index contributed by atoms with van der Waals surface area (Å²) in [5.74, 6) is 0.813. The van der Waals surface area contributed by atoms with Crippen LogP contribution in [0.3, 0.4) is 0 Å². The topological polar surface area (TPSA) is 20.3 Å². The summed E-state index contributed by atoms with van der Waals surface area (Å²) in [6.07, 6.45) is 4.60. The Bertz CT molecular complexity index is 469. The lowest BCUT2D eigenvalue weighted by Crippen LogP contribution is -2.39. The molecule has 0 heterocycles. The second-order valence-corrected chi connectivity index (χ2v) is 6.78. The highest BCUT2D eigenvalue weighted by atomic mass is 79.9. The van der Waals surface area contributed by atoms with Crippen LogP contribution in [0.5, 0.6) is 0 Å². The quantitative estimate of drug-likeness (QED) is 0.758. The van der Waals surface area contributed by atoms with Gasteiger partial charge < -0.3 is 4.90 Å². The number of amides is 1. The first-order valence-electron chi connectivity index (χ1n) is 6.71. The number of halogens is 2. The van der Waals surface area contributed by atoms with Crippen molar-refractivity contribution in [2.45, 2.75) is 38.6 Å². The maximum atomic E-state index is 12.5. The van der Waals surface area contributed by atoms with Crippen molar-refractivity contribution in [2.75, 3.05) is 7.05 Å². The van der Waals surface area contributed by atoms with Crippen molar-refractivity contribution >= 4 is 33.4 Å². The fourth-order valence-corrected chi connectivity index (χ4v) is 3.40. The molecule has 1 aliphatic rings. The van der Waals surface area contributed by atoms with Crippen molar-refractivity contribution in [3.05, 3.63) is 33.3 Å². The lowest BCUT2D eigenvalue weighted by molar-refractivity contribution is 0.0679. The van der Waals surface area contributed by atoms with E-state index in [1.807, 2.05) is 18.0 Å². The van der Waals surface area contributed by atoms with Gasteiger partial charge in [0.25, 0.3) is 5.91 Å². The van der Waals surface area contributed by atoms with Crippen molar-refractivity contribution in [3.63, 3.8) is 0 Å².